The van der Waals surface area contributed by atoms with Crippen LogP contribution in [-0.2, 0) is 16.1 Å². The second-order valence-electron chi connectivity index (χ2n) is 7.26. The van der Waals surface area contributed by atoms with Gasteiger partial charge in [0.2, 0.25) is 0 Å². The average molecular weight is 489 g/mol. The van der Waals surface area contributed by atoms with Crippen LogP contribution in [0.15, 0.2) is 29.3 Å². The highest BCUT2D eigenvalue weighted by atomic mass is 127. The van der Waals surface area contributed by atoms with Gasteiger partial charge in [0.05, 0.1) is 19.6 Å². The number of hydrogen-bond acceptors (Lipinski definition) is 4. The molecule has 0 aliphatic carbocycles. The molecule has 1 N–H and O–H groups in total. The molecule has 152 valence electrons. The van der Waals surface area contributed by atoms with E-state index in [1.807, 2.05) is 18.2 Å². The average Bonchev–Trinajstić information content (AvgIpc) is 3.02. The number of hydrogen-bond donors (Lipinski definition) is 1. The van der Waals surface area contributed by atoms with Gasteiger partial charge >= 0.3 is 5.97 Å². The zero-order valence-electron chi connectivity index (χ0n) is 16.9. The number of nitrogens with zero attached hydrogens (tertiary/aromatic N) is 2. The minimum Gasteiger partial charge on any atom is -0.493 e. The lowest BCUT2D eigenvalue weighted by molar-refractivity contribution is -0.145. The molecular formula is C20H32IN3O3. The number of carbonyl (C=O) groups excluding carboxylic acids is 1. The van der Waals surface area contributed by atoms with E-state index in [0.717, 1.165) is 23.8 Å². The molecule has 0 radical (unpaired) electrons. The van der Waals surface area contributed by atoms with Crippen molar-refractivity contribution in [2.24, 2.45) is 22.7 Å². The number of rotatable bonds is 6. The summed E-state index contributed by atoms with van der Waals surface area (Å²) in [5.41, 5.74) is 1.13. The van der Waals surface area contributed by atoms with E-state index in [9.17, 15) is 4.79 Å². The predicted molar refractivity (Wildman–Crippen MR) is 119 cm³/mol. The number of ether oxygens (including phenoxy) is 2. The van der Waals surface area contributed by atoms with E-state index in [0.29, 0.717) is 25.6 Å². The summed E-state index contributed by atoms with van der Waals surface area (Å²) >= 11 is 0. The van der Waals surface area contributed by atoms with E-state index in [1.165, 1.54) is 7.11 Å². The topological polar surface area (TPSA) is 63.2 Å². The lowest BCUT2D eigenvalue weighted by Gasteiger charge is -2.21. The van der Waals surface area contributed by atoms with Crippen LogP contribution in [0.5, 0.6) is 5.75 Å². The number of guanidine groups is 1. The van der Waals surface area contributed by atoms with Gasteiger partial charge in [-0.1, -0.05) is 32.9 Å². The summed E-state index contributed by atoms with van der Waals surface area (Å²) in [7, 11) is 3.21. The standard InChI is InChI=1S/C20H31N3O3.HI/c1-14(2)13-26-17-8-6-7-16(9-17)10-22-20(21-4)23-11-15(3)18(12-23)19(24)25-5;/h6-9,14-15,18H,10-13H2,1-5H3,(H,21,22);1H. The van der Waals surface area contributed by atoms with E-state index in [-0.39, 0.29) is 41.8 Å². The summed E-state index contributed by atoms with van der Waals surface area (Å²) in [6.45, 7) is 9.12. The quantitative estimate of drug-likeness (QED) is 0.288. The molecule has 0 bridgehead atoms. The number of halogens is 1. The SMILES string of the molecule is CN=C(NCc1cccc(OCC(C)C)c1)N1CC(C)C(C(=O)OC)C1.I. The molecule has 1 aliphatic heterocycles. The summed E-state index contributed by atoms with van der Waals surface area (Å²) < 4.78 is 10.7. The Hall–Kier alpha value is -1.51. The number of nitrogens with one attached hydrogen (secondary N) is 1. The zero-order chi connectivity index (χ0) is 19.1. The fourth-order valence-electron chi connectivity index (χ4n) is 3.12. The van der Waals surface area contributed by atoms with Crippen LogP contribution >= 0.6 is 24.0 Å². The minimum atomic E-state index is -0.148. The second-order valence-corrected chi connectivity index (χ2v) is 7.26. The number of likely N-dealkylation sites (tertiary alicyclic amines) is 1. The van der Waals surface area contributed by atoms with Gasteiger partial charge in [-0.05, 0) is 29.5 Å². The summed E-state index contributed by atoms with van der Waals surface area (Å²) in [6.07, 6.45) is 0. The molecule has 2 rings (SSSR count). The molecule has 0 aromatic heterocycles. The van der Waals surface area contributed by atoms with Crippen LogP contribution < -0.4 is 10.1 Å². The number of aliphatic imine (C=N–C) groups is 1. The van der Waals surface area contributed by atoms with Crippen molar-refractivity contribution in [3.63, 3.8) is 0 Å². The molecule has 0 spiro atoms. The Labute approximate surface area is 179 Å². The van der Waals surface area contributed by atoms with Gasteiger partial charge in [-0.15, -0.1) is 24.0 Å². The third-order valence-electron chi connectivity index (χ3n) is 4.56. The normalized spacial score (nSPS) is 19.6. The minimum absolute atomic E-state index is 0. The van der Waals surface area contributed by atoms with E-state index in [2.05, 4.69) is 42.0 Å². The first-order valence-electron chi connectivity index (χ1n) is 9.19. The Morgan fingerprint density at radius 3 is 2.74 bits per heavy atom. The molecule has 1 aliphatic rings. The van der Waals surface area contributed by atoms with Crippen molar-refractivity contribution in [3.05, 3.63) is 29.8 Å². The Kier molecular flexibility index (Phi) is 9.90. The molecule has 7 heteroatoms. The molecule has 27 heavy (non-hydrogen) atoms. The van der Waals surface area contributed by atoms with Gasteiger partial charge in [-0.25, -0.2) is 0 Å². The van der Waals surface area contributed by atoms with E-state index in [1.54, 1.807) is 7.05 Å². The monoisotopic (exact) mass is 489 g/mol. The number of esters is 1. The van der Waals surface area contributed by atoms with Gasteiger partial charge in [0.1, 0.15) is 5.75 Å². The molecule has 1 aromatic carbocycles. The van der Waals surface area contributed by atoms with Crippen LogP contribution in [-0.4, -0.2) is 50.7 Å². The van der Waals surface area contributed by atoms with E-state index in [4.69, 9.17) is 9.47 Å². The Morgan fingerprint density at radius 2 is 2.11 bits per heavy atom. The Bertz CT molecular complexity index is 637. The van der Waals surface area contributed by atoms with Crippen LogP contribution in [0.2, 0.25) is 0 Å². The first-order chi connectivity index (χ1) is 12.4. The summed E-state index contributed by atoms with van der Waals surface area (Å²) in [5.74, 6) is 2.17. The first kappa shape index (κ1) is 23.5. The van der Waals surface area contributed by atoms with Crippen molar-refractivity contribution in [2.75, 3.05) is 33.9 Å². The molecule has 0 amide bonds. The van der Waals surface area contributed by atoms with Gasteiger partial charge < -0.3 is 19.7 Å². The Morgan fingerprint density at radius 1 is 1.37 bits per heavy atom. The van der Waals surface area contributed by atoms with Crippen LogP contribution in [0.1, 0.15) is 26.3 Å². The first-order valence-corrected chi connectivity index (χ1v) is 9.19. The number of methoxy groups -OCH3 is 1. The lowest BCUT2D eigenvalue weighted by atomic mass is 9.99. The highest BCUT2D eigenvalue weighted by Crippen LogP contribution is 2.24. The van der Waals surface area contributed by atoms with Crippen molar-refractivity contribution in [1.82, 2.24) is 10.2 Å². The van der Waals surface area contributed by atoms with Crippen LogP contribution in [0, 0.1) is 17.8 Å². The van der Waals surface area contributed by atoms with Crippen molar-refractivity contribution in [1.29, 1.82) is 0 Å². The predicted octanol–water partition coefficient (Wildman–Crippen LogP) is 3.16. The molecule has 0 saturated carbocycles. The highest BCUT2D eigenvalue weighted by molar-refractivity contribution is 14.0. The molecule has 6 nitrogen and oxygen atoms in total. The van der Waals surface area contributed by atoms with Crippen LogP contribution in [0.3, 0.4) is 0 Å². The summed E-state index contributed by atoms with van der Waals surface area (Å²) in [6, 6.07) is 8.09. The van der Waals surface area contributed by atoms with Crippen molar-refractivity contribution in [3.8, 4) is 5.75 Å². The van der Waals surface area contributed by atoms with Crippen molar-refractivity contribution < 1.29 is 14.3 Å². The molecule has 2 unspecified atom stereocenters. The fraction of sp³-hybridized carbons (Fsp3) is 0.600. The maximum atomic E-state index is 11.9. The van der Waals surface area contributed by atoms with E-state index >= 15 is 0 Å². The van der Waals surface area contributed by atoms with Crippen LogP contribution in [0.25, 0.3) is 0 Å². The highest BCUT2D eigenvalue weighted by Gasteiger charge is 2.36. The van der Waals surface area contributed by atoms with Crippen LogP contribution in [0.4, 0.5) is 0 Å². The largest absolute Gasteiger partial charge is 0.493 e. The third-order valence-corrected chi connectivity index (χ3v) is 4.56. The maximum Gasteiger partial charge on any atom is 0.310 e. The number of carbonyl (C=O) groups is 1. The van der Waals surface area contributed by atoms with Gasteiger partial charge in [0, 0.05) is 26.7 Å². The Balaban J connectivity index is 0.00000364. The molecule has 1 fully saturated rings. The lowest BCUT2D eigenvalue weighted by Crippen LogP contribution is -2.40. The van der Waals surface area contributed by atoms with Crippen molar-refractivity contribution >= 4 is 35.9 Å². The van der Waals surface area contributed by atoms with Gasteiger partial charge in [-0.2, -0.15) is 0 Å². The molecule has 1 saturated heterocycles. The van der Waals surface area contributed by atoms with Gasteiger partial charge in [0.15, 0.2) is 5.96 Å². The number of benzene rings is 1. The zero-order valence-corrected chi connectivity index (χ0v) is 19.2. The molecule has 1 aromatic rings. The molecular weight excluding hydrogens is 457 g/mol. The third kappa shape index (κ3) is 6.86. The smallest absolute Gasteiger partial charge is 0.310 e. The van der Waals surface area contributed by atoms with E-state index < -0.39 is 0 Å². The molecule has 1 heterocycles. The van der Waals surface area contributed by atoms with Crippen molar-refractivity contribution in [2.45, 2.75) is 27.3 Å². The van der Waals surface area contributed by atoms with Gasteiger partial charge in [0.25, 0.3) is 0 Å². The fourth-order valence-corrected chi connectivity index (χ4v) is 3.12. The van der Waals surface area contributed by atoms with Gasteiger partial charge in [-0.3, -0.25) is 9.79 Å². The molecule has 2 atom stereocenters. The second kappa shape index (κ2) is 11.4. The summed E-state index contributed by atoms with van der Waals surface area (Å²) in [5, 5.41) is 3.39. The summed E-state index contributed by atoms with van der Waals surface area (Å²) in [4.78, 5) is 18.4. The maximum absolute atomic E-state index is 11.9.